The average Bonchev–Trinajstić information content (AvgIpc) is 3.40. The van der Waals surface area contributed by atoms with Crippen molar-refractivity contribution >= 4 is 51.4 Å². The molecule has 6 fully saturated rings. The van der Waals surface area contributed by atoms with Gasteiger partial charge in [-0.05, 0) is 153 Å². The Morgan fingerprint density at radius 3 is 0.560 bits per heavy atom. The second-order valence-corrected chi connectivity index (χ2v) is 44.6. The van der Waals surface area contributed by atoms with Crippen molar-refractivity contribution in [2.75, 3.05) is 211 Å². The molecule has 0 spiro atoms. The van der Waals surface area contributed by atoms with Gasteiger partial charge in [-0.2, -0.15) is 0 Å². The summed E-state index contributed by atoms with van der Waals surface area (Å²) >= 11 is 0. The van der Waals surface area contributed by atoms with Crippen LogP contribution in [0, 0.1) is 0 Å². The van der Waals surface area contributed by atoms with Crippen LogP contribution < -0.4 is 0 Å². The molecule has 0 aromatic rings. The zero-order chi connectivity index (χ0) is 53.4. The van der Waals surface area contributed by atoms with E-state index in [2.05, 4.69) is 68.7 Å². The highest BCUT2D eigenvalue weighted by Crippen LogP contribution is 2.37. The third kappa shape index (κ3) is 24.5. The van der Waals surface area contributed by atoms with Crippen LogP contribution in [0.3, 0.4) is 0 Å². The third-order valence-corrected chi connectivity index (χ3v) is 42.8. The van der Waals surface area contributed by atoms with E-state index in [1.165, 1.54) is 0 Å². The molecule has 6 rings (SSSR count). The van der Waals surface area contributed by atoms with Crippen molar-refractivity contribution in [3.63, 3.8) is 0 Å². The molecule has 6 aliphatic rings. The maximum Gasteiger partial charge on any atom is 0.325 e. The fourth-order valence-corrected chi connectivity index (χ4v) is 42.3. The molecule has 6 saturated heterocycles. The monoisotopic (exact) mass is 1170 g/mol. The number of ether oxygens (including phenoxy) is 6. The molecule has 0 N–H and O–H groups in total. The van der Waals surface area contributed by atoms with E-state index in [0.29, 0.717) is 0 Å². The van der Waals surface area contributed by atoms with Gasteiger partial charge in [-0.3, -0.25) is 29.4 Å². The molecule has 25 heteroatoms. The molecule has 19 nitrogen and oxygen atoms in total. The highest BCUT2D eigenvalue weighted by atomic mass is 28.5. The van der Waals surface area contributed by atoms with Crippen molar-refractivity contribution in [1.82, 2.24) is 29.4 Å². The van der Waals surface area contributed by atoms with Crippen molar-refractivity contribution < 1.29 is 57.8 Å². The minimum Gasteiger partial charge on any atom is -0.416 e. The van der Waals surface area contributed by atoms with Crippen LogP contribution >= 0.6 is 0 Å². The lowest BCUT2D eigenvalue weighted by Gasteiger charge is -2.47. The number of hydrogen-bond acceptors (Lipinski definition) is 19. The quantitative estimate of drug-likeness (QED) is 0.0766. The Balaban J connectivity index is 1.30. The van der Waals surface area contributed by atoms with Crippen LogP contribution in [0.25, 0.3) is 0 Å². The fraction of sp³-hybridized carbons (Fsp3) is 1.00. The fourth-order valence-electron chi connectivity index (χ4n) is 11.9. The summed E-state index contributed by atoms with van der Waals surface area (Å²) in [5.74, 6) is 0. The summed E-state index contributed by atoms with van der Waals surface area (Å²) in [7, 11) is -13.9. The predicted octanol–water partition coefficient (Wildman–Crippen LogP) is 5.13. The Morgan fingerprint density at radius 1 is 0.253 bits per heavy atom. The first-order valence-corrected chi connectivity index (χ1v) is 44.7. The zero-order valence-corrected chi connectivity index (χ0v) is 54.7. The van der Waals surface area contributed by atoms with Crippen molar-refractivity contribution in [1.29, 1.82) is 0 Å². The number of morpholine rings is 6. The molecule has 0 aliphatic carbocycles. The molecule has 6 aliphatic heterocycles. The maximum absolute atomic E-state index is 8.12. The molecule has 6 atom stereocenters. The number of rotatable bonds is 36. The first kappa shape index (κ1) is 64.7. The van der Waals surface area contributed by atoms with Gasteiger partial charge < -0.3 is 57.8 Å². The van der Waals surface area contributed by atoms with Gasteiger partial charge in [0.15, 0.2) is 0 Å². The van der Waals surface area contributed by atoms with Gasteiger partial charge in [0, 0.05) is 92.8 Å². The molecule has 6 unspecified atom stereocenters. The number of nitrogens with zero attached hydrogens (tertiary/aromatic N) is 6. The molecule has 0 aromatic heterocycles. The SMILES string of the molecule is CO[Si](C)(CCCN1CCOCC1)O[Si](C)(CCCN1CCOCC1)O[Si](C)(CCCN1CCOCC1)O[Si](C)(CCCN1CCOCC1)O[Si](C)(CCCN1CCOCC1)O[Si](C)(CCCN1CCOCC1)OC. The molecule has 0 saturated carbocycles. The minimum atomic E-state index is -3.12. The summed E-state index contributed by atoms with van der Waals surface area (Å²) in [5, 5.41) is 0. The first-order chi connectivity index (χ1) is 36.1. The molecule has 0 bridgehead atoms. The van der Waals surface area contributed by atoms with Gasteiger partial charge in [-0.15, -0.1) is 0 Å². The molecular weight excluding hydrogens is 1060 g/mol. The van der Waals surface area contributed by atoms with Crippen LogP contribution in [0.1, 0.15) is 38.5 Å². The van der Waals surface area contributed by atoms with Gasteiger partial charge in [0.2, 0.25) is 0 Å². The summed E-state index contributed by atoms with van der Waals surface area (Å²) in [6.07, 6.45) is 5.96. The largest absolute Gasteiger partial charge is 0.416 e. The molecule has 0 radical (unpaired) electrons. The highest BCUT2D eigenvalue weighted by Gasteiger charge is 2.54. The predicted molar refractivity (Wildman–Crippen MR) is 309 cm³/mol. The van der Waals surface area contributed by atoms with Crippen molar-refractivity contribution in [3.8, 4) is 0 Å². The van der Waals surface area contributed by atoms with Crippen LogP contribution in [0.15, 0.2) is 0 Å². The summed E-state index contributed by atoms with van der Waals surface area (Å²) in [5.41, 5.74) is 0. The van der Waals surface area contributed by atoms with E-state index in [9.17, 15) is 0 Å². The van der Waals surface area contributed by atoms with E-state index in [1.807, 2.05) is 14.2 Å². The lowest BCUT2D eigenvalue weighted by Crippen LogP contribution is -2.64. The van der Waals surface area contributed by atoms with Gasteiger partial charge in [0.25, 0.3) is 0 Å². The van der Waals surface area contributed by atoms with Gasteiger partial charge in [0.05, 0.1) is 79.3 Å². The first-order valence-electron chi connectivity index (χ1n) is 29.5. The van der Waals surface area contributed by atoms with Gasteiger partial charge in [-0.25, -0.2) is 0 Å². The van der Waals surface area contributed by atoms with E-state index in [0.717, 1.165) is 272 Å². The van der Waals surface area contributed by atoms with Crippen LogP contribution in [0.4, 0.5) is 0 Å². The maximum atomic E-state index is 8.12. The van der Waals surface area contributed by atoms with Crippen molar-refractivity contribution in [2.45, 2.75) is 114 Å². The lowest BCUT2D eigenvalue weighted by molar-refractivity contribution is 0.0375. The van der Waals surface area contributed by atoms with Crippen LogP contribution in [-0.2, 0) is 57.8 Å². The Morgan fingerprint density at radius 2 is 0.400 bits per heavy atom. The molecule has 0 amide bonds. The average molecular weight is 1170 g/mol. The Kier molecular flexibility index (Phi) is 29.0. The van der Waals surface area contributed by atoms with E-state index in [1.54, 1.807) is 0 Å². The minimum absolute atomic E-state index is 0.781. The smallest absolute Gasteiger partial charge is 0.325 e. The molecule has 75 heavy (non-hydrogen) atoms. The van der Waals surface area contributed by atoms with E-state index in [4.69, 9.17) is 57.8 Å². The third-order valence-electron chi connectivity index (χ3n) is 16.3. The molecule has 6 heterocycles. The Hall–Kier alpha value is 0.541. The standard InChI is InChI=1S/C50H108N6O13Si6/c1-57-70(3,45-9-15-51-21-33-59-34-22-51)65-72(5,47-11-17-53-25-37-61-38-26-53)67-74(7,49-13-19-55-29-41-63-42-30-55)69-75(8,50-14-20-56-31-43-64-44-32-56)68-73(6,48-12-18-54-27-39-62-40-28-54)66-71(4,58-2)46-10-16-52-23-35-60-36-24-52/h9-50H2,1-8H3. The topological polar surface area (TPSA) is 139 Å². The van der Waals surface area contributed by atoms with Gasteiger partial charge >= 0.3 is 51.4 Å². The van der Waals surface area contributed by atoms with Crippen LogP contribution in [-0.4, -0.2) is 292 Å². The molecule has 0 aromatic carbocycles. The zero-order valence-electron chi connectivity index (χ0n) is 48.7. The highest BCUT2D eigenvalue weighted by molar-refractivity contribution is 6.91. The normalized spacial score (nSPS) is 25.9. The number of hydrogen-bond donors (Lipinski definition) is 0. The Bertz CT molecular complexity index is 1440. The second-order valence-electron chi connectivity index (χ2n) is 23.1. The molecular formula is C50H108N6O13Si6. The Labute approximate surface area is 461 Å². The lowest BCUT2D eigenvalue weighted by atomic mass is 10.3. The summed E-state index contributed by atoms with van der Waals surface area (Å²) in [6.45, 7) is 41.0. The summed E-state index contributed by atoms with van der Waals surface area (Å²) in [6, 6.07) is 5.24. The molecule has 440 valence electrons. The van der Waals surface area contributed by atoms with E-state index >= 15 is 0 Å². The van der Waals surface area contributed by atoms with Crippen molar-refractivity contribution in [2.24, 2.45) is 0 Å². The summed E-state index contributed by atoms with van der Waals surface area (Å²) in [4.78, 5) is 15.2. The van der Waals surface area contributed by atoms with Gasteiger partial charge in [-0.1, -0.05) is 0 Å². The van der Waals surface area contributed by atoms with E-state index in [-0.39, 0.29) is 0 Å². The second kappa shape index (κ2) is 33.6. The summed E-state index contributed by atoms with van der Waals surface area (Å²) < 4.78 is 87.1. The van der Waals surface area contributed by atoms with E-state index < -0.39 is 51.4 Å². The van der Waals surface area contributed by atoms with Crippen LogP contribution in [0.5, 0.6) is 0 Å². The van der Waals surface area contributed by atoms with Crippen LogP contribution in [0.2, 0.25) is 75.5 Å². The van der Waals surface area contributed by atoms with Gasteiger partial charge in [0.1, 0.15) is 0 Å². The van der Waals surface area contributed by atoms with Crippen molar-refractivity contribution in [3.05, 3.63) is 0 Å².